The number of hydrogen-bond acceptors (Lipinski definition) is 6. The molecular weight excluding hydrogens is 502 g/mol. The monoisotopic (exact) mass is 539 g/mol. The van der Waals surface area contributed by atoms with Gasteiger partial charge < -0.3 is 29.3 Å². The molecule has 0 aliphatic heterocycles. The quantitative estimate of drug-likeness (QED) is 0.326. The number of anilines is 1. The summed E-state index contributed by atoms with van der Waals surface area (Å²) >= 11 is 1.67. The van der Waals surface area contributed by atoms with Crippen LogP contribution >= 0.6 is 11.3 Å². The number of carbonyl (C=O) groups excluding carboxylic acids is 2. The molecule has 0 spiro atoms. The maximum Gasteiger partial charge on any atom is 0.322 e. The van der Waals surface area contributed by atoms with Crippen LogP contribution in [0, 0.1) is 13.8 Å². The Labute approximate surface area is 229 Å². The van der Waals surface area contributed by atoms with Crippen molar-refractivity contribution < 1.29 is 23.8 Å². The van der Waals surface area contributed by atoms with Crippen molar-refractivity contribution in [3.05, 3.63) is 75.5 Å². The van der Waals surface area contributed by atoms with Gasteiger partial charge in [-0.2, -0.15) is 0 Å². The lowest BCUT2D eigenvalue weighted by Crippen LogP contribution is -2.46. The number of methoxy groups -OCH3 is 3. The Balaban J connectivity index is 1.76. The summed E-state index contributed by atoms with van der Waals surface area (Å²) in [7, 11) is 4.78. The predicted octanol–water partition coefficient (Wildman–Crippen LogP) is 5.13. The van der Waals surface area contributed by atoms with Crippen LogP contribution in [0.3, 0.4) is 0 Å². The summed E-state index contributed by atoms with van der Waals surface area (Å²) in [6, 6.07) is 17.1. The second-order valence-corrected chi connectivity index (χ2v) is 10.3. The second kappa shape index (κ2) is 14.4. The summed E-state index contributed by atoms with van der Waals surface area (Å²) < 4.78 is 16.0. The van der Waals surface area contributed by atoms with Gasteiger partial charge in [0.2, 0.25) is 5.91 Å². The number of carbonyl (C=O) groups is 2. The molecule has 3 amide bonds. The molecule has 3 rings (SSSR count). The molecule has 0 saturated carbocycles. The summed E-state index contributed by atoms with van der Waals surface area (Å²) in [6.07, 6.45) is 0.629. The van der Waals surface area contributed by atoms with Gasteiger partial charge in [0.05, 0.1) is 27.4 Å². The molecule has 0 unspecified atom stereocenters. The second-order valence-electron chi connectivity index (χ2n) is 8.93. The van der Waals surface area contributed by atoms with E-state index in [-0.39, 0.29) is 18.5 Å². The zero-order valence-corrected chi connectivity index (χ0v) is 23.6. The number of hydrogen-bond donors (Lipinski definition) is 1. The highest BCUT2D eigenvalue weighted by molar-refractivity contribution is 7.11. The first-order valence-electron chi connectivity index (χ1n) is 12.5. The summed E-state index contributed by atoms with van der Waals surface area (Å²) in [5, 5.41) is 2.93. The van der Waals surface area contributed by atoms with Crippen LogP contribution in [-0.4, -0.2) is 69.3 Å². The van der Waals surface area contributed by atoms with E-state index in [1.54, 1.807) is 32.7 Å². The fraction of sp³-hybridized carbons (Fsp3) is 0.379. The zero-order chi connectivity index (χ0) is 27.5. The number of nitrogens with one attached hydrogen (secondary N) is 1. The van der Waals surface area contributed by atoms with Gasteiger partial charge in [-0.05, 0) is 61.7 Å². The zero-order valence-electron chi connectivity index (χ0n) is 22.8. The summed E-state index contributed by atoms with van der Waals surface area (Å²) in [5.74, 6) is 1.18. The maximum absolute atomic E-state index is 13.6. The van der Waals surface area contributed by atoms with E-state index in [1.807, 2.05) is 67.3 Å². The number of urea groups is 1. The van der Waals surface area contributed by atoms with Crippen LogP contribution in [0.1, 0.15) is 20.9 Å². The van der Waals surface area contributed by atoms with Crippen LogP contribution in [-0.2, 0) is 22.5 Å². The third kappa shape index (κ3) is 8.22. The minimum atomic E-state index is -0.337. The molecule has 0 aliphatic carbocycles. The number of amides is 3. The first kappa shape index (κ1) is 29.0. The van der Waals surface area contributed by atoms with Crippen molar-refractivity contribution in [2.75, 3.05) is 52.9 Å². The molecule has 3 aromatic rings. The highest BCUT2D eigenvalue weighted by Gasteiger charge is 2.22. The molecule has 0 radical (unpaired) electrons. The minimum Gasteiger partial charge on any atom is -0.493 e. The van der Waals surface area contributed by atoms with E-state index >= 15 is 0 Å². The van der Waals surface area contributed by atoms with Crippen LogP contribution in [0.15, 0.2) is 54.6 Å². The molecule has 1 N–H and O–H groups in total. The van der Waals surface area contributed by atoms with E-state index in [1.165, 1.54) is 9.78 Å². The van der Waals surface area contributed by atoms with Crippen LogP contribution in [0.4, 0.5) is 10.5 Å². The fourth-order valence-electron chi connectivity index (χ4n) is 3.97. The lowest BCUT2D eigenvalue weighted by Gasteiger charge is -2.28. The first-order chi connectivity index (χ1) is 18.3. The number of ether oxygens (including phenoxy) is 3. The van der Waals surface area contributed by atoms with Gasteiger partial charge >= 0.3 is 6.03 Å². The topological polar surface area (TPSA) is 80.3 Å². The molecule has 8 nitrogen and oxygen atoms in total. The Bertz CT molecular complexity index is 1210. The van der Waals surface area contributed by atoms with Crippen LogP contribution in [0.25, 0.3) is 0 Å². The van der Waals surface area contributed by atoms with E-state index in [0.717, 1.165) is 16.0 Å². The molecule has 0 bridgehead atoms. The summed E-state index contributed by atoms with van der Waals surface area (Å²) in [5.41, 5.74) is 2.69. The molecular formula is C29H37N3O5S. The van der Waals surface area contributed by atoms with Gasteiger partial charge in [0.25, 0.3) is 0 Å². The summed E-state index contributed by atoms with van der Waals surface area (Å²) in [4.78, 5) is 32.4. The lowest BCUT2D eigenvalue weighted by molar-refractivity contribution is -0.132. The molecule has 2 aromatic carbocycles. The van der Waals surface area contributed by atoms with Gasteiger partial charge in [0.1, 0.15) is 6.54 Å². The molecule has 1 aromatic heterocycles. The largest absolute Gasteiger partial charge is 0.493 e. The molecule has 9 heteroatoms. The molecule has 0 atom stereocenters. The van der Waals surface area contributed by atoms with Crippen LogP contribution in [0.2, 0.25) is 0 Å². The van der Waals surface area contributed by atoms with Gasteiger partial charge in [0, 0.05) is 35.6 Å². The first-order valence-corrected chi connectivity index (χ1v) is 13.3. The molecule has 0 saturated heterocycles. The van der Waals surface area contributed by atoms with E-state index in [4.69, 9.17) is 14.2 Å². The van der Waals surface area contributed by atoms with Crippen molar-refractivity contribution in [3.8, 4) is 11.5 Å². The third-order valence-corrected chi connectivity index (χ3v) is 7.16. The van der Waals surface area contributed by atoms with Crippen molar-refractivity contribution in [1.29, 1.82) is 0 Å². The van der Waals surface area contributed by atoms with Crippen molar-refractivity contribution in [3.63, 3.8) is 0 Å². The van der Waals surface area contributed by atoms with Gasteiger partial charge in [-0.1, -0.05) is 24.3 Å². The van der Waals surface area contributed by atoms with Gasteiger partial charge in [-0.25, -0.2) is 4.79 Å². The number of benzene rings is 2. The van der Waals surface area contributed by atoms with Gasteiger partial charge in [-0.3, -0.25) is 4.79 Å². The lowest BCUT2D eigenvalue weighted by atomic mass is 10.1. The average Bonchev–Trinajstić information content (AvgIpc) is 3.34. The van der Waals surface area contributed by atoms with E-state index in [0.29, 0.717) is 49.8 Å². The number of rotatable bonds is 13. The molecule has 0 fully saturated rings. The van der Waals surface area contributed by atoms with Crippen LogP contribution < -0.4 is 14.8 Å². The van der Waals surface area contributed by atoms with Gasteiger partial charge in [-0.15, -0.1) is 11.3 Å². The van der Waals surface area contributed by atoms with Crippen molar-refractivity contribution in [2.24, 2.45) is 0 Å². The average molecular weight is 540 g/mol. The van der Waals surface area contributed by atoms with Gasteiger partial charge in [0.15, 0.2) is 11.5 Å². The standard InChI is InChI=1S/C29H37N3O5S/c1-21-8-6-7-9-25(21)30-29(34)32(16-17-35-3)20-28(33)31(19-24-12-10-22(2)38-24)15-14-23-11-13-26(36-4)27(18-23)37-5/h6-13,18H,14-17,19-20H2,1-5H3,(H,30,34). The van der Waals surface area contributed by atoms with Crippen molar-refractivity contribution in [1.82, 2.24) is 9.80 Å². The number of para-hydroxylation sites is 1. The van der Waals surface area contributed by atoms with Crippen molar-refractivity contribution in [2.45, 2.75) is 26.8 Å². The number of nitrogens with zero attached hydrogens (tertiary/aromatic N) is 2. The Morgan fingerprint density at radius 1 is 0.895 bits per heavy atom. The highest BCUT2D eigenvalue weighted by atomic mass is 32.1. The smallest absolute Gasteiger partial charge is 0.322 e. The molecule has 204 valence electrons. The normalized spacial score (nSPS) is 10.7. The maximum atomic E-state index is 13.6. The number of aryl methyl sites for hydroxylation is 2. The Hall–Kier alpha value is -3.56. The molecule has 38 heavy (non-hydrogen) atoms. The van der Waals surface area contributed by atoms with Crippen molar-refractivity contribution >= 4 is 29.0 Å². The summed E-state index contributed by atoms with van der Waals surface area (Å²) in [6.45, 7) is 5.50. The Morgan fingerprint density at radius 3 is 2.32 bits per heavy atom. The Kier molecular flexibility index (Phi) is 11.0. The number of thiophene rings is 1. The van der Waals surface area contributed by atoms with Crippen LogP contribution in [0.5, 0.6) is 11.5 Å². The fourth-order valence-corrected chi connectivity index (χ4v) is 4.88. The highest BCUT2D eigenvalue weighted by Crippen LogP contribution is 2.28. The van der Waals surface area contributed by atoms with E-state index < -0.39 is 0 Å². The SMILES string of the molecule is COCCN(CC(=O)N(CCc1ccc(OC)c(OC)c1)Cc1ccc(C)s1)C(=O)Nc1ccccc1C. The molecule has 1 heterocycles. The third-order valence-electron chi connectivity index (χ3n) is 6.18. The van der Waals surface area contributed by atoms with E-state index in [9.17, 15) is 9.59 Å². The van der Waals surface area contributed by atoms with E-state index in [2.05, 4.69) is 11.4 Å². The minimum absolute atomic E-state index is 0.0582. The molecule has 0 aliphatic rings. The Morgan fingerprint density at radius 2 is 1.66 bits per heavy atom. The predicted molar refractivity (Wildman–Crippen MR) is 151 cm³/mol.